The van der Waals surface area contributed by atoms with Crippen molar-refractivity contribution in [3.05, 3.63) is 23.7 Å². The molecule has 2 saturated heterocycles. The maximum atomic E-state index is 12.3. The van der Waals surface area contributed by atoms with Crippen LogP contribution in [0, 0.1) is 6.92 Å². The van der Waals surface area contributed by atoms with Gasteiger partial charge in [0.1, 0.15) is 17.6 Å². The second kappa shape index (κ2) is 4.89. The van der Waals surface area contributed by atoms with Gasteiger partial charge in [-0.25, -0.2) is 4.79 Å². The second-order valence-corrected chi connectivity index (χ2v) is 5.56. The fraction of sp³-hybridized carbons (Fsp3) is 0.643. The van der Waals surface area contributed by atoms with Crippen LogP contribution in [0.15, 0.2) is 16.5 Å². The summed E-state index contributed by atoms with van der Waals surface area (Å²) >= 11 is 0. The molecule has 3 heterocycles. The van der Waals surface area contributed by atoms with Crippen LogP contribution in [0.5, 0.6) is 0 Å². The summed E-state index contributed by atoms with van der Waals surface area (Å²) in [4.78, 5) is 16.0. The molecule has 2 fully saturated rings. The summed E-state index contributed by atoms with van der Waals surface area (Å²) in [5, 5.41) is 3.44. The summed E-state index contributed by atoms with van der Waals surface area (Å²) in [6.45, 7) is 4.53. The third kappa shape index (κ3) is 2.34. The van der Waals surface area contributed by atoms with Crippen molar-refractivity contribution >= 4 is 6.03 Å². The lowest BCUT2D eigenvalue weighted by Crippen LogP contribution is -2.39. The number of carbonyl (C=O) groups is 1. The summed E-state index contributed by atoms with van der Waals surface area (Å²) in [5.74, 6) is 1.78. The van der Waals surface area contributed by atoms with Crippen molar-refractivity contribution in [2.75, 3.05) is 26.7 Å². The lowest BCUT2D eigenvalue weighted by molar-refractivity contribution is 0.191. The molecule has 0 aromatic carbocycles. The predicted molar refractivity (Wildman–Crippen MR) is 71.9 cm³/mol. The van der Waals surface area contributed by atoms with E-state index in [2.05, 4.69) is 5.32 Å². The van der Waals surface area contributed by atoms with Crippen molar-refractivity contribution in [3.63, 3.8) is 0 Å². The molecule has 5 heteroatoms. The standard InChI is InChI=1S/C14H21N3O2/c1-10-5-6-13(19-10)12-9-17(14(18)16(12)2)8-11-4-3-7-15-11/h5-6,11-12,15H,3-4,7-9H2,1-2H3. The van der Waals surface area contributed by atoms with E-state index in [1.165, 1.54) is 6.42 Å². The number of furan rings is 1. The summed E-state index contributed by atoms with van der Waals surface area (Å²) in [6.07, 6.45) is 2.38. The van der Waals surface area contributed by atoms with Crippen molar-refractivity contribution in [2.24, 2.45) is 0 Å². The number of nitrogens with one attached hydrogen (secondary N) is 1. The molecule has 0 radical (unpaired) electrons. The van der Waals surface area contributed by atoms with E-state index in [1.807, 2.05) is 31.0 Å². The molecule has 0 spiro atoms. The predicted octanol–water partition coefficient (Wildman–Crippen LogP) is 1.75. The van der Waals surface area contributed by atoms with E-state index in [0.29, 0.717) is 6.04 Å². The number of nitrogens with zero attached hydrogens (tertiary/aromatic N) is 2. The van der Waals surface area contributed by atoms with Crippen LogP contribution in [0.3, 0.4) is 0 Å². The van der Waals surface area contributed by atoms with Crippen LogP contribution >= 0.6 is 0 Å². The van der Waals surface area contributed by atoms with Crippen LogP contribution in [0.2, 0.25) is 0 Å². The molecule has 104 valence electrons. The van der Waals surface area contributed by atoms with Crippen LogP contribution in [0.1, 0.15) is 30.4 Å². The van der Waals surface area contributed by atoms with Gasteiger partial charge in [-0.15, -0.1) is 0 Å². The average Bonchev–Trinajstić information content (AvgIpc) is 3.08. The minimum atomic E-state index is 0.0441. The first-order valence-corrected chi connectivity index (χ1v) is 6.96. The van der Waals surface area contributed by atoms with Crippen molar-refractivity contribution in [1.29, 1.82) is 0 Å². The van der Waals surface area contributed by atoms with Gasteiger partial charge in [-0.2, -0.15) is 0 Å². The van der Waals surface area contributed by atoms with E-state index < -0.39 is 0 Å². The first kappa shape index (κ1) is 12.5. The number of likely N-dealkylation sites (N-methyl/N-ethyl adjacent to an activating group) is 1. The molecule has 1 aromatic heterocycles. The third-order valence-electron chi connectivity index (χ3n) is 4.13. The molecule has 5 nitrogen and oxygen atoms in total. The van der Waals surface area contributed by atoms with E-state index in [1.54, 1.807) is 4.90 Å². The number of urea groups is 1. The van der Waals surface area contributed by atoms with Gasteiger partial charge < -0.3 is 19.5 Å². The molecule has 2 atom stereocenters. The highest BCUT2D eigenvalue weighted by Crippen LogP contribution is 2.29. The highest BCUT2D eigenvalue weighted by atomic mass is 16.3. The Kier molecular flexibility index (Phi) is 3.22. The molecule has 2 aliphatic heterocycles. The Morgan fingerprint density at radius 1 is 1.47 bits per heavy atom. The van der Waals surface area contributed by atoms with E-state index >= 15 is 0 Å². The minimum Gasteiger partial charge on any atom is -0.464 e. The highest BCUT2D eigenvalue weighted by Gasteiger charge is 2.38. The molecule has 0 saturated carbocycles. The number of amides is 2. The number of rotatable bonds is 3. The van der Waals surface area contributed by atoms with Crippen molar-refractivity contribution in [3.8, 4) is 0 Å². The molecule has 1 aromatic rings. The van der Waals surface area contributed by atoms with Crippen molar-refractivity contribution in [1.82, 2.24) is 15.1 Å². The molecule has 2 aliphatic rings. The van der Waals surface area contributed by atoms with Gasteiger partial charge in [0.25, 0.3) is 0 Å². The first-order chi connectivity index (χ1) is 9.15. The summed E-state index contributed by atoms with van der Waals surface area (Å²) < 4.78 is 5.67. The summed E-state index contributed by atoms with van der Waals surface area (Å²) in [5.41, 5.74) is 0. The molecule has 2 unspecified atom stereocenters. The molecule has 19 heavy (non-hydrogen) atoms. The Bertz CT molecular complexity index is 465. The Morgan fingerprint density at radius 2 is 2.32 bits per heavy atom. The van der Waals surface area contributed by atoms with Gasteiger partial charge in [-0.1, -0.05) is 0 Å². The lowest BCUT2D eigenvalue weighted by Gasteiger charge is -2.19. The van der Waals surface area contributed by atoms with Gasteiger partial charge in [0.15, 0.2) is 0 Å². The molecule has 2 amide bonds. The van der Waals surface area contributed by atoms with Gasteiger partial charge in [0.05, 0.1) is 6.54 Å². The fourth-order valence-corrected chi connectivity index (χ4v) is 3.01. The Morgan fingerprint density at radius 3 is 2.95 bits per heavy atom. The number of hydrogen-bond acceptors (Lipinski definition) is 3. The molecule has 1 N–H and O–H groups in total. The van der Waals surface area contributed by atoms with E-state index in [9.17, 15) is 4.79 Å². The molecule has 3 rings (SSSR count). The molecule has 0 aliphatic carbocycles. The zero-order chi connectivity index (χ0) is 13.4. The van der Waals surface area contributed by atoms with Crippen molar-refractivity contribution < 1.29 is 9.21 Å². The molecule has 0 bridgehead atoms. The lowest BCUT2D eigenvalue weighted by atomic mass is 10.2. The maximum absolute atomic E-state index is 12.3. The smallest absolute Gasteiger partial charge is 0.320 e. The first-order valence-electron chi connectivity index (χ1n) is 6.96. The highest BCUT2D eigenvalue weighted by molar-refractivity contribution is 5.77. The monoisotopic (exact) mass is 263 g/mol. The van der Waals surface area contributed by atoms with E-state index in [4.69, 9.17) is 4.42 Å². The minimum absolute atomic E-state index is 0.0441. The maximum Gasteiger partial charge on any atom is 0.320 e. The Hall–Kier alpha value is -1.49. The zero-order valence-corrected chi connectivity index (χ0v) is 11.6. The number of aryl methyl sites for hydroxylation is 1. The Balaban J connectivity index is 1.70. The zero-order valence-electron chi connectivity index (χ0n) is 11.6. The quantitative estimate of drug-likeness (QED) is 0.904. The topological polar surface area (TPSA) is 48.7 Å². The van der Waals surface area contributed by atoms with Gasteiger partial charge in [-0.3, -0.25) is 0 Å². The normalized spacial score (nSPS) is 27.6. The van der Waals surface area contributed by atoms with Crippen LogP contribution in [0.25, 0.3) is 0 Å². The fourth-order valence-electron chi connectivity index (χ4n) is 3.01. The summed E-state index contributed by atoms with van der Waals surface area (Å²) in [7, 11) is 1.85. The third-order valence-corrected chi connectivity index (χ3v) is 4.13. The Labute approximate surface area is 113 Å². The van der Waals surface area contributed by atoms with Crippen LogP contribution in [-0.2, 0) is 0 Å². The van der Waals surface area contributed by atoms with Gasteiger partial charge >= 0.3 is 6.03 Å². The SMILES string of the molecule is Cc1ccc(C2CN(CC3CCCN3)C(=O)N2C)o1. The largest absolute Gasteiger partial charge is 0.464 e. The molecular weight excluding hydrogens is 242 g/mol. The summed E-state index contributed by atoms with van der Waals surface area (Å²) in [6, 6.07) is 4.53. The molecular formula is C14H21N3O2. The van der Waals surface area contributed by atoms with E-state index in [-0.39, 0.29) is 12.1 Å². The van der Waals surface area contributed by atoms with Crippen LogP contribution in [-0.4, -0.2) is 48.6 Å². The average molecular weight is 263 g/mol. The van der Waals surface area contributed by atoms with Crippen molar-refractivity contribution in [2.45, 2.75) is 31.8 Å². The van der Waals surface area contributed by atoms with Crippen LogP contribution in [0.4, 0.5) is 4.79 Å². The number of hydrogen-bond donors (Lipinski definition) is 1. The second-order valence-electron chi connectivity index (χ2n) is 5.56. The van der Waals surface area contributed by atoms with E-state index in [0.717, 1.165) is 37.6 Å². The van der Waals surface area contributed by atoms with Crippen LogP contribution < -0.4 is 5.32 Å². The number of carbonyl (C=O) groups excluding carboxylic acids is 1. The van der Waals surface area contributed by atoms with Gasteiger partial charge in [0, 0.05) is 19.6 Å². The van der Waals surface area contributed by atoms with Gasteiger partial charge in [-0.05, 0) is 38.4 Å². The van der Waals surface area contributed by atoms with Gasteiger partial charge in [0.2, 0.25) is 0 Å².